The zero-order chi connectivity index (χ0) is 15.0. The first-order valence-electron chi connectivity index (χ1n) is 6.31. The van der Waals surface area contributed by atoms with Crippen LogP contribution in [0.25, 0.3) is 0 Å². The summed E-state index contributed by atoms with van der Waals surface area (Å²) in [7, 11) is 1.63. The van der Waals surface area contributed by atoms with E-state index in [1.54, 1.807) is 26.2 Å². The van der Waals surface area contributed by atoms with Gasteiger partial charge < -0.3 is 15.4 Å². The van der Waals surface area contributed by atoms with Crippen LogP contribution in [0.3, 0.4) is 0 Å². The summed E-state index contributed by atoms with van der Waals surface area (Å²) >= 11 is 3.31. The van der Waals surface area contributed by atoms with Gasteiger partial charge in [0.2, 0.25) is 5.91 Å². The molecule has 0 aromatic heterocycles. The van der Waals surface area contributed by atoms with Gasteiger partial charge in [-0.1, -0.05) is 15.9 Å². The van der Waals surface area contributed by atoms with Crippen molar-refractivity contribution in [2.75, 3.05) is 25.6 Å². The Kier molecular flexibility index (Phi) is 7.05. The van der Waals surface area contributed by atoms with E-state index in [0.717, 1.165) is 10.9 Å². The zero-order valence-electron chi connectivity index (χ0n) is 11.6. The first-order valence-corrected chi connectivity index (χ1v) is 7.10. The summed E-state index contributed by atoms with van der Waals surface area (Å²) in [5, 5.41) is 14.9. The fourth-order valence-electron chi connectivity index (χ4n) is 1.61. The van der Waals surface area contributed by atoms with Crippen LogP contribution in [0.5, 0.6) is 0 Å². The number of carbonyl (C=O) groups excluding carboxylic acids is 1. The van der Waals surface area contributed by atoms with E-state index in [9.17, 15) is 4.79 Å². The lowest BCUT2D eigenvalue weighted by Crippen LogP contribution is -2.38. The Balaban J connectivity index is 2.55. The quantitative estimate of drug-likeness (QED) is 0.747. The molecule has 1 aromatic carbocycles. The van der Waals surface area contributed by atoms with Crippen LogP contribution in [0.2, 0.25) is 0 Å². The van der Waals surface area contributed by atoms with Gasteiger partial charge in [-0.05, 0) is 31.5 Å². The number of nitriles is 1. The highest BCUT2D eigenvalue weighted by atomic mass is 79.9. The number of anilines is 1. The van der Waals surface area contributed by atoms with Gasteiger partial charge in [-0.3, -0.25) is 4.79 Å². The number of rotatable bonds is 7. The van der Waals surface area contributed by atoms with E-state index in [0.29, 0.717) is 24.4 Å². The molecule has 1 aromatic rings. The van der Waals surface area contributed by atoms with Gasteiger partial charge in [0.15, 0.2) is 0 Å². The van der Waals surface area contributed by atoms with Crippen LogP contribution >= 0.6 is 15.9 Å². The van der Waals surface area contributed by atoms with E-state index in [1.807, 2.05) is 6.07 Å². The molecule has 2 N–H and O–H groups in total. The van der Waals surface area contributed by atoms with Gasteiger partial charge in [-0.25, -0.2) is 0 Å². The smallest absolute Gasteiger partial charge is 0.242 e. The number of amides is 1. The molecule has 1 amide bonds. The van der Waals surface area contributed by atoms with Gasteiger partial charge in [0, 0.05) is 24.7 Å². The number of hydrogen-bond acceptors (Lipinski definition) is 4. The topological polar surface area (TPSA) is 74.2 Å². The number of halogens is 1. The van der Waals surface area contributed by atoms with E-state index in [4.69, 9.17) is 10.00 Å². The van der Waals surface area contributed by atoms with Crippen LogP contribution in [-0.2, 0) is 9.53 Å². The average molecular weight is 340 g/mol. The molecule has 1 atom stereocenters. The molecule has 1 unspecified atom stereocenters. The van der Waals surface area contributed by atoms with Crippen LogP contribution in [0.15, 0.2) is 22.7 Å². The summed E-state index contributed by atoms with van der Waals surface area (Å²) in [6, 6.07) is 7.00. The molecule has 0 radical (unpaired) electrons. The summed E-state index contributed by atoms with van der Waals surface area (Å²) in [5.41, 5.74) is 1.15. The summed E-state index contributed by atoms with van der Waals surface area (Å²) in [4.78, 5) is 11.9. The zero-order valence-corrected chi connectivity index (χ0v) is 13.2. The summed E-state index contributed by atoms with van der Waals surface area (Å²) < 4.78 is 5.74. The summed E-state index contributed by atoms with van der Waals surface area (Å²) in [6.07, 6.45) is 0.774. The molecule has 0 aliphatic rings. The molecular weight excluding hydrogens is 322 g/mol. The predicted molar refractivity (Wildman–Crippen MR) is 81.4 cm³/mol. The number of nitrogens with zero attached hydrogens (tertiary/aromatic N) is 1. The van der Waals surface area contributed by atoms with Crippen molar-refractivity contribution in [3.63, 3.8) is 0 Å². The minimum atomic E-state index is -0.411. The van der Waals surface area contributed by atoms with Crippen molar-refractivity contribution in [3.05, 3.63) is 28.2 Å². The predicted octanol–water partition coefficient (Wildman–Crippen LogP) is 2.27. The highest BCUT2D eigenvalue weighted by molar-refractivity contribution is 9.10. The third-order valence-corrected chi connectivity index (χ3v) is 3.19. The molecule has 0 heterocycles. The number of hydrogen-bond donors (Lipinski definition) is 2. The molecule has 1 rings (SSSR count). The second kappa shape index (κ2) is 8.56. The molecule has 0 spiro atoms. The van der Waals surface area contributed by atoms with Gasteiger partial charge in [-0.15, -0.1) is 0 Å². The SMILES string of the molecule is COCCCNC(=O)C(C)Nc1ccc(Br)cc1C#N. The lowest BCUT2D eigenvalue weighted by atomic mass is 10.1. The fraction of sp³-hybridized carbons (Fsp3) is 0.429. The first-order chi connectivity index (χ1) is 9.58. The molecular formula is C14H18BrN3O2. The number of carbonyl (C=O) groups is 1. The van der Waals surface area contributed by atoms with E-state index in [1.165, 1.54) is 0 Å². The number of nitrogens with one attached hydrogen (secondary N) is 2. The Morgan fingerprint density at radius 1 is 1.55 bits per heavy atom. The lowest BCUT2D eigenvalue weighted by Gasteiger charge is -2.16. The Morgan fingerprint density at radius 3 is 2.95 bits per heavy atom. The third kappa shape index (κ3) is 5.19. The van der Waals surface area contributed by atoms with Gasteiger partial charge in [-0.2, -0.15) is 5.26 Å². The first kappa shape index (κ1) is 16.5. The normalized spacial score (nSPS) is 11.5. The van der Waals surface area contributed by atoms with Gasteiger partial charge >= 0.3 is 0 Å². The van der Waals surface area contributed by atoms with E-state index < -0.39 is 6.04 Å². The van der Waals surface area contributed by atoms with E-state index >= 15 is 0 Å². The second-order valence-electron chi connectivity index (χ2n) is 4.31. The summed E-state index contributed by atoms with van der Waals surface area (Å²) in [5.74, 6) is -0.104. The minimum absolute atomic E-state index is 0.104. The highest BCUT2D eigenvalue weighted by Crippen LogP contribution is 2.20. The molecule has 108 valence electrons. The molecule has 6 heteroatoms. The van der Waals surface area contributed by atoms with Crippen molar-refractivity contribution < 1.29 is 9.53 Å². The molecule has 5 nitrogen and oxygen atoms in total. The van der Waals surface area contributed by atoms with Crippen LogP contribution in [0, 0.1) is 11.3 Å². The van der Waals surface area contributed by atoms with E-state index in [2.05, 4.69) is 32.6 Å². The Labute approximate surface area is 127 Å². The fourth-order valence-corrected chi connectivity index (χ4v) is 1.98. The molecule has 20 heavy (non-hydrogen) atoms. The van der Waals surface area contributed by atoms with E-state index in [-0.39, 0.29) is 5.91 Å². The number of ether oxygens (including phenoxy) is 1. The van der Waals surface area contributed by atoms with Crippen LogP contribution in [0.1, 0.15) is 18.9 Å². The van der Waals surface area contributed by atoms with Crippen molar-refractivity contribution >= 4 is 27.5 Å². The Morgan fingerprint density at radius 2 is 2.30 bits per heavy atom. The van der Waals surface area contributed by atoms with Gasteiger partial charge in [0.25, 0.3) is 0 Å². The maximum absolute atomic E-state index is 11.9. The van der Waals surface area contributed by atoms with Crippen molar-refractivity contribution in [1.29, 1.82) is 5.26 Å². The molecule has 0 saturated carbocycles. The third-order valence-electron chi connectivity index (χ3n) is 2.69. The monoisotopic (exact) mass is 339 g/mol. The largest absolute Gasteiger partial charge is 0.385 e. The molecule has 0 aliphatic carbocycles. The van der Waals surface area contributed by atoms with Crippen molar-refractivity contribution in [2.24, 2.45) is 0 Å². The second-order valence-corrected chi connectivity index (χ2v) is 5.22. The average Bonchev–Trinajstić information content (AvgIpc) is 2.45. The molecule has 0 saturated heterocycles. The molecule has 0 aliphatic heterocycles. The minimum Gasteiger partial charge on any atom is -0.385 e. The van der Waals surface area contributed by atoms with Crippen molar-refractivity contribution in [1.82, 2.24) is 5.32 Å². The van der Waals surface area contributed by atoms with Crippen molar-refractivity contribution in [2.45, 2.75) is 19.4 Å². The highest BCUT2D eigenvalue weighted by Gasteiger charge is 2.13. The Hall–Kier alpha value is -1.58. The number of benzene rings is 1. The van der Waals surface area contributed by atoms with Crippen molar-refractivity contribution in [3.8, 4) is 6.07 Å². The molecule has 0 bridgehead atoms. The van der Waals surface area contributed by atoms with Crippen LogP contribution in [0.4, 0.5) is 5.69 Å². The summed E-state index contributed by atoms with van der Waals surface area (Å²) in [6.45, 7) is 2.95. The Bertz CT molecular complexity index is 500. The maximum atomic E-state index is 11.9. The van der Waals surface area contributed by atoms with Gasteiger partial charge in [0.05, 0.1) is 11.3 Å². The standard InChI is InChI=1S/C14H18BrN3O2/c1-10(14(19)17-6-3-7-20-2)18-13-5-4-12(15)8-11(13)9-16/h4-5,8,10,18H,3,6-7H2,1-2H3,(H,17,19). The lowest BCUT2D eigenvalue weighted by molar-refractivity contribution is -0.121. The van der Waals surface area contributed by atoms with Gasteiger partial charge in [0.1, 0.15) is 12.1 Å². The van der Waals surface area contributed by atoms with Crippen LogP contribution in [-0.4, -0.2) is 32.2 Å². The number of methoxy groups -OCH3 is 1. The maximum Gasteiger partial charge on any atom is 0.242 e. The van der Waals surface area contributed by atoms with Crippen LogP contribution < -0.4 is 10.6 Å². The molecule has 0 fully saturated rings.